The number of anilines is 1. The van der Waals surface area contributed by atoms with Gasteiger partial charge < -0.3 is 10.6 Å². The van der Waals surface area contributed by atoms with E-state index in [2.05, 4.69) is 25.7 Å². The van der Waals surface area contributed by atoms with Gasteiger partial charge in [-0.15, -0.1) is 0 Å². The second-order valence-electron chi connectivity index (χ2n) is 4.66. The van der Waals surface area contributed by atoms with Crippen LogP contribution in [0.5, 0.6) is 0 Å². The highest BCUT2D eigenvalue weighted by atomic mass is 16.2. The van der Waals surface area contributed by atoms with Gasteiger partial charge in [-0.3, -0.25) is 14.4 Å². The van der Waals surface area contributed by atoms with Crippen molar-refractivity contribution in [2.45, 2.75) is 13.5 Å². The highest BCUT2D eigenvalue weighted by molar-refractivity contribution is 6.01. The summed E-state index contributed by atoms with van der Waals surface area (Å²) in [7, 11) is 1.78. The van der Waals surface area contributed by atoms with E-state index >= 15 is 0 Å². The Balaban J connectivity index is 2.00. The summed E-state index contributed by atoms with van der Waals surface area (Å²) in [6, 6.07) is -0.418. The third-order valence-electron chi connectivity index (χ3n) is 3.22. The second kappa shape index (κ2) is 5.00. The monoisotopic (exact) mass is 289 g/mol. The first kappa shape index (κ1) is 13.3. The maximum Gasteiger partial charge on any atom is 0.325 e. The van der Waals surface area contributed by atoms with Crippen LogP contribution in [0.25, 0.3) is 11.0 Å². The fraction of sp³-hybridized carbons (Fsp3) is 0.417. The normalized spacial score (nSPS) is 14.9. The van der Waals surface area contributed by atoms with Crippen molar-refractivity contribution in [2.24, 2.45) is 7.05 Å². The molecule has 0 saturated carbocycles. The van der Waals surface area contributed by atoms with Crippen molar-refractivity contribution in [3.8, 4) is 0 Å². The minimum atomic E-state index is -0.418. The molecular weight excluding hydrogens is 274 g/mol. The molecule has 1 aliphatic rings. The molecule has 1 fully saturated rings. The van der Waals surface area contributed by atoms with Gasteiger partial charge in [0.05, 0.1) is 24.7 Å². The van der Waals surface area contributed by atoms with Gasteiger partial charge in [-0.25, -0.2) is 14.8 Å². The van der Waals surface area contributed by atoms with Crippen LogP contribution in [0.4, 0.5) is 10.6 Å². The van der Waals surface area contributed by atoms with E-state index in [-0.39, 0.29) is 19.0 Å². The molecule has 9 heteroatoms. The maximum atomic E-state index is 11.6. The molecule has 2 aromatic rings. The van der Waals surface area contributed by atoms with Crippen molar-refractivity contribution in [1.82, 2.24) is 30.0 Å². The number of amides is 3. The molecule has 110 valence electrons. The SMILES string of the molecule is CCNc1nc(CN2C(=O)CNC2=O)nc2c1cnn2C. The van der Waals surface area contributed by atoms with E-state index in [0.717, 1.165) is 10.3 Å². The Morgan fingerprint density at radius 2 is 2.19 bits per heavy atom. The number of urea groups is 1. The van der Waals surface area contributed by atoms with Crippen LogP contribution in [0, 0.1) is 0 Å². The molecule has 0 unspecified atom stereocenters. The lowest BCUT2D eigenvalue weighted by Gasteiger charge is -2.12. The molecule has 0 aromatic carbocycles. The number of aromatic nitrogens is 4. The van der Waals surface area contributed by atoms with Crippen molar-refractivity contribution in [2.75, 3.05) is 18.4 Å². The predicted octanol–water partition coefficient (Wildman–Crippen LogP) is -0.153. The number of rotatable bonds is 4. The molecule has 2 aromatic heterocycles. The maximum absolute atomic E-state index is 11.6. The highest BCUT2D eigenvalue weighted by Crippen LogP contribution is 2.20. The molecule has 0 atom stereocenters. The van der Waals surface area contributed by atoms with Crippen LogP contribution in [-0.4, -0.2) is 49.7 Å². The van der Waals surface area contributed by atoms with Crippen LogP contribution in [0.1, 0.15) is 12.7 Å². The number of nitrogens with one attached hydrogen (secondary N) is 2. The highest BCUT2D eigenvalue weighted by Gasteiger charge is 2.29. The Labute approximate surface area is 120 Å². The smallest absolute Gasteiger partial charge is 0.325 e. The van der Waals surface area contributed by atoms with Gasteiger partial charge in [-0.05, 0) is 6.92 Å². The van der Waals surface area contributed by atoms with E-state index in [1.165, 1.54) is 0 Å². The summed E-state index contributed by atoms with van der Waals surface area (Å²) in [5.74, 6) is 0.767. The first-order valence-corrected chi connectivity index (χ1v) is 6.61. The molecular formula is C12H15N7O2. The van der Waals surface area contributed by atoms with Crippen LogP contribution in [0.15, 0.2) is 6.20 Å². The van der Waals surface area contributed by atoms with Crippen LogP contribution >= 0.6 is 0 Å². The molecule has 3 rings (SSSR count). The third-order valence-corrected chi connectivity index (χ3v) is 3.22. The Hall–Kier alpha value is -2.71. The Kier molecular flexibility index (Phi) is 3.16. The molecule has 1 aliphatic heterocycles. The fourth-order valence-corrected chi connectivity index (χ4v) is 2.20. The number of imide groups is 1. The van der Waals surface area contributed by atoms with Gasteiger partial charge in [0.15, 0.2) is 11.5 Å². The summed E-state index contributed by atoms with van der Waals surface area (Å²) in [4.78, 5) is 33.1. The van der Waals surface area contributed by atoms with Crippen molar-refractivity contribution >= 4 is 28.8 Å². The van der Waals surface area contributed by atoms with Gasteiger partial charge >= 0.3 is 6.03 Å². The number of aryl methyl sites for hydroxylation is 1. The molecule has 0 bridgehead atoms. The molecule has 9 nitrogen and oxygen atoms in total. The third kappa shape index (κ3) is 2.26. The quantitative estimate of drug-likeness (QED) is 0.758. The number of nitrogens with zero attached hydrogens (tertiary/aromatic N) is 5. The molecule has 21 heavy (non-hydrogen) atoms. The zero-order valence-electron chi connectivity index (χ0n) is 11.8. The molecule has 1 saturated heterocycles. The van der Waals surface area contributed by atoms with Crippen molar-refractivity contribution in [3.63, 3.8) is 0 Å². The molecule has 2 N–H and O–H groups in total. The van der Waals surface area contributed by atoms with E-state index in [1.54, 1.807) is 17.9 Å². The second-order valence-corrected chi connectivity index (χ2v) is 4.66. The van der Waals surface area contributed by atoms with E-state index in [0.29, 0.717) is 23.8 Å². The summed E-state index contributed by atoms with van der Waals surface area (Å²) >= 11 is 0. The first-order chi connectivity index (χ1) is 10.1. The van der Waals surface area contributed by atoms with E-state index in [9.17, 15) is 9.59 Å². The van der Waals surface area contributed by atoms with Gasteiger partial charge in [-0.2, -0.15) is 5.10 Å². The number of hydrogen-bond donors (Lipinski definition) is 2. The average Bonchev–Trinajstić information content (AvgIpc) is 2.98. The summed E-state index contributed by atoms with van der Waals surface area (Å²) in [6.45, 7) is 2.72. The molecule has 0 spiro atoms. The van der Waals surface area contributed by atoms with Crippen molar-refractivity contribution < 1.29 is 9.59 Å². The van der Waals surface area contributed by atoms with Gasteiger partial charge in [0.1, 0.15) is 5.82 Å². The predicted molar refractivity (Wildman–Crippen MR) is 74.4 cm³/mol. The van der Waals surface area contributed by atoms with Crippen LogP contribution in [0.3, 0.4) is 0 Å². The van der Waals surface area contributed by atoms with E-state index in [4.69, 9.17) is 0 Å². The number of carbonyl (C=O) groups excluding carboxylic acids is 2. The minimum Gasteiger partial charge on any atom is -0.370 e. The molecule has 3 amide bonds. The van der Waals surface area contributed by atoms with Crippen molar-refractivity contribution in [3.05, 3.63) is 12.0 Å². The lowest BCUT2D eigenvalue weighted by Crippen LogP contribution is -2.31. The minimum absolute atomic E-state index is 0.0207. The van der Waals surface area contributed by atoms with Crippen molar-refractivity contribution in [1.29, 1.82) is 0 Å². The van der Waals surface area contributed by atoms with Gasteiger partial charge in [0.2, 0.25) is 5.91 Å². The molecule has 0 radical (unpaired) electrons. The number of carbonyl (C=O) groups is 2. The standard InChI is InChI=1S/C12H15N7O2/c1-3-13-10-7-4-15-18(2)11(7)17-8(16-10)6-19-9(20)5-14-12(19)21/h4H,3,5-6H2,1-2H3,(H,14,21)(H,13,16,17). The largest absolute Gasteiger partial charge is 0.370 e. The summed E-state index contributed by atoms with van der Waals surface area (Å²) in [5, 5.41) is 10.6. The number of hydrogen-bond acceptors (Lipinski definition) is 6. The summed E-state index contributed by atoms with van der Waals surface area (Å²) in [5.41, 5.74) is 0.656. The Bertz CT molecular complexity index is 708. The zero-order chi connectivity index (χ0) is 15.0. The molecule has 3 heterocycles. The average molecular weight is 289 g/mol. The number of fused-ring (bicyclic) bond motifs is 1. The van der Waals surface area contributed by atoms with Gasteiger partial charge in [-0.1, -0.05) is 0 Å². The zero-order valence-corrected chi connectivity index (χ0v) is 11.8. The lowest BCUT2D eigenvalue weighted by molar-refractivity contribution is -0.125. The topological polar surface area (TPSA) is 105 Å². The lowest BCUT2D eigenvalue weighted by atomic mass is 10.3. The van der Waals surface area contributed by atoms with Crippen LogP contribution in [0.2, 0.25) is 0 Å². The van der Waals surface area contributed by atoms with E-state index in [1.807, 2.05) is 6.92 Å². The van der Waals surface area contributed by atoms with Crippen LogP contribution < -0.4 is 10.6 Å². The van der Waals surface area contributed by atoms with Gasteiger partial charge in [0, 0.05) is 13.6 Å². The summed E-state index contributed by atoms with van der Waals surface area (Å²) < 4.78 is 1.63. The fourth-order valence-electron chi connectivity index (χ4n) is 2.20. The Morgan fingerprint density at radius 1 is 1.38 bits per heavy atom. The molecule has 0 aliphatic carbocycles. The summed E-state index contributed by atoms with van der Waals surface area (Å²) in [6.07, 6.45) is 1.69. The van der Waals surface area contributed by atoms with Gasteiger partial charge in [0.25, 0.3) is 0 Å². The first-order valence-electron chi connectivity index (χ1n) is 6.61. The van der Waals surface area contributed by atoms with E-state index < -0.39 is 6.03 Å². The van der Waals surface area contributed by atoms with Crippen LogP contribution in [-0.2, 0) is 18.4 Å². The Morgan fingerprint density at radius 3 is 2.86 bits per heavy atom.